The van der Waals surface area contributed by atoms with E-state index in [0.717, 1.165) is 12.0 Å². The van der Waals surface area contributed by atoms with Crippen LogP contribution in [0.4, 0.5) is 0 Å². The molecule has 0 aliphatic carbocycles. The average Bonchev–Trinajstić information content (AvgIpc) is 3.20. The van der Waals surface area contributed by atoms with Gasteiger partial charge in [0.1, 0.15) is 11.2 Å². The van der Waals surface area contributed by atoms with Crippen LogP contribution in [-0.4, -0.2) is 43.1 Å². The van der Waals surface area contributed by atoms with Crippen LogP contribution in [0.15, 0.2) is 34.3 Å². The lowest BCUT2D eigenvalue weighted by Gasteiger charge is -2.07. The van der Waals surface area contributed by atoms with Crippen molar-refractivity contribution in [1.82, 2.24) is 19.7 Å². The molecule has 9 heteroatoms. The minimum absolute atomic E-state index is 0.117. The number of ether oxygens (including phenoxy) is 1. The highest BCUT2D eigenvalue weighted by Gasteiger charge is 2.22. The molecule has 21 heavy (non-hydrogen) atoms. The molecule has 3 rings (SSSR count). The molecule has 114 valence electrons. The van der Waals surface area contributed by atoms with Crippen LogP contribution in [0.2, 0.25) is 0 Å². The van der Waals surface area contributed by atoms with Gasteiger partial charge in [-0.2, -0.15) is 5.10 Å². The van der Waals surface area contributed by atoms with Gasteiger partial charge in [-0.05, 0) is 12.8 Å². The van der Waals surface area contributed by atoms with Gasteiger partial charge in [0.25, 0.3) is 0 Å². The second-order valence-corrected chi connectivity index (χ2v) is 6.62. The molecular weight excluding hydrogens is 296 g/mol. The van der Waals surface area contributed by atoms with E-state index < -0.39 is 10.0 Å². The zero-order valence-electron chi connectivity index (χ0n) is 11.3. The third-order valence-electron chi connectivity index (χ3n) is 3.36. The maximum absolute atomic E-state index is 12.2. The first-order valence-corrected chi connectivity index (χ1v) is 8.13. The van der Waals surface area contributed by atoms with E-state index in [1.807, 2.05) is 0 Å². The van der Waals surface area contributed by atoms with Crippen LogP contribution in [0.25, 0.3) is 0 Å². The van der Waals surface area contributed by atoms with Gasteiger partial charge in [0.2, 0.25) is 10.0 Å². The van der Waals surface area contributed by atoms with Crippen LogP contribution in [0, 0.1) is 0 Å². The topological polar surface area (TPSA) is 99.3 Å². The second-order valence-electron chi connectivity index (χ2n) is 4.85. The lowest BCUT2D eigenvalue weighted by atomic mass is 10.3. The Balaban J connectivity index is 1.61. The van der Waals surface area contributed by atoms with Crippen molar-refractivity contribution in [2.75, 3.05) is 19.8 Å². The molecule has 2 aromatic rings. The van der Waals surface area contributed by atoms with Crippen LogP contribution in [0.3, 0.4) is 0 Å². The van der Waals surface area contributed by atoms with Crippen molar-refractivity contribution >= 4 is 10.0 Å². The summed E-state index contributed by atoms with van der Waals surface area (Å²) in [6.45, 7) is 1.53. The highest BCUT2D eigenvalue weighted by Crippen LogP contribution is 2.19. The van der Waals surface area contributed by atoms with E-state index in [9.17, 15) is 8.42 Å². The monoisotopic (exact) mass is 312 g/mol. The van der Waals surface area contributed by atoms with Gasteiger partial charge < -0.3 is 9.26 Å². The van der Waals surface area contributed by atoms with E-state index >= 15 is 0 Å². The molecule has 1 atom stereocenters. The molecule has 0 spiro atoms. The average molecular weight is 312 g/mol. The summed E-state index contributed by atoms with van der Waals surface area (Å²) in [5, 5.41) is 7.68. The molecule has 0 amide bonds. The standard InChI is InChI=1S/C12H16N4O4S/c17-21(18,15-3-1-10-5-14-20-8-10)12-6-13-16(7-12)11-2-4-19-9-11/h5-8,11,15H,1-4,9H2. The normalized spacial score (nSPS) is 19.1. The summed E-state index contributed by atoms with van der Waals surface area (Å²) in [4.78, 5) is 0.166. The lowest BCUT2D eigenvalue weighted by molar-refractivity contribution is 0.184. The summed E-state index contributed by atoms with van der Waals surface area (Å²) in [5.41, 5.74) is 0.844. The number of hydrogen-bond donors (Lipinski definition) is 1. The predicted molar refractivity (Wildman–Crippen MR) is 72.1 cm³/mol. The molecule has 0 bridgehead atoms. The first kappa shape index (κ1) is 14.2. The van der Waals surface area contributed by atoms with Gasteiger partial charge >= 0.3 is 0 Å². The Kier molecular flexibility index (Phi) is 4.04. The minimum Gasteiger partial charge on any atom is -0.379 e. The molecule has 2 aromatic heterocycles. The van der Waals surface area contributed by atoms with Gasteiger partial charge in [0.05, 0.1) is 25.0 Å². The first-order valence-electron chi connectivity index (χ1n) is 6.65. The second kappa shape index (κ2) is 5.96. The zero-order chi connectivity index (χ0) is 14.7. The van der Waals surface area contributed by atoms with Gasteiger partial charge in [-0.3, -0.25) is 4.68 Å². The van der Waals surface area contributed by atoms with Crippen LogP contribution < -0.4 is 4.72 Å². The number of hydrogen-bond acceptors (Lipinski definition) is 6. The van der Waals surface area contributed by atoms with Crippen LogP contribution in [0.5, 0.6) is 0 Å². The largest absolute Gasteiger partial charge is 0.379 e. The van der Waals surface area contributed by atoms with Crippen molar-refractivity contribution < 1.29 is 17.7 Å². The number of sulfonamides is 1. The third-order valence-corrected chi connectivity index (χ3v) is 4.77. The Hall–Kier alpha value is -1.71. The first-order chi connectivity index (χ1) is 10.1. The fourth-order valence-corrected chi connectivity index (χ4v) is 3.12. The Labute approximate surface area is 122 Å². The van der Waals surface area contributed by atoms with Crippen LogP contribution in [-0.2, 0) is 21.2 Å². The smallest absolute Gasteiger partial charge is 0.243 e. The van der Waals surface area contributed by atoms with Crippen molar-refractivity contribution in [3.63, 3.8) is 0 Å². The van der Waals surface area contributed by atoms with Crippen molar-refractivity contribution in [3.05, 3.63) is 30.4 Å². The van der Waals surface area contributed by atoms with Crippen LogP contribution in [0.1, 0.15) is 18.0 Å². The Morgan fingerprint density at radius 3 is 3.05 bits per heavy atom. The Morgan fingerprint density at radius 1 is 1.43 bits per heavy atom. The lowest BCUT2D eigenvalue weighted by Crippen LogP contribution is -2.25. The van der Waals surface area contributed by atoms with Crippen molar-refractivity contribution in [1.29, 1.82) is 0 Å². The van der Waals surface area contributed by atoms with E-state index in [1.54, 1.807) is 17.1 Å². The van der Waals surface area contributed by atoms with Crippen molar-refractivity contribution in [2.45, 2.75) is 23.8 Å². The molecular formula is C12H16N4O4S. The zero-order valence-corrected chi connectivity index (χ0v) is 12.1. The quantitative estimate of drug-likeness (QED) is 0.826. The van der Waals surface area contributed by atoms with Crippen molar-refractivity contribution in [2.24, 2.45) is 0 Å². The van der Waals surface area contributed by atoms with Gasteiger partial charge in [-0.1, -0.05) is 5.16 Å². The van der Waals surface area contributed by atoms with E-state index in [0.29, 0.717) is 19.6 Å². The summed E-state index contributed by atoms with van der Waals surface area (Å²) in [7, 11) is -3.55. The van der Waals surface area contributed by atoms with E-state index in [4.69, 9.17) is 4.74 Å². The van der Waals surface area contributed by atoms with E-state index in [-0.39, 0.29) is 17.5 Å². The fraction of sp³-hybridized carbons (Fsp3) is 0.500. The highest BCUT2D eigenvalue weighted by atomic mass is 32.2. The molecule has 1 unspecified atom stereocenters. The predicted octanol–water partition coefficient (Wildman–Crippen LogP) is 0.353. The number of nitrogens with one attached hydrogen (secondary N) is 1. The number of aromatic nitrogens is 3. The van der Waals surface area contributed by atoms with Crippen molar-refractivity contribution in [3.8, 4) is 0 Å². The minimum atomic E-state index is -3.55. The summed E-state index contributed by atoms with van der Waals surface area (Å²) >= 11 is 0. The summed E-state index contributed by atoms with van der Waals surface area (Å²) in [5.74, 6) is 0. The van der Waals surface area contributed by atoms with Gasteiger partial charge in [0.15, 0.2) is 0 Å². The van der Waals surface area contributed by atoms with Crippen LogP contribution >= 0.6 is 0 Å². The van der Waals surface area contributed by atoms with E-state index in [2.05, 4.69) is 19.5 Å². The van der Waals surface area contributed by atoms with E-state index in [1.165, 1.54) is 12.5 Å². The Morgan fingerprint density at radius 2 is 2.33 bits per heavy atom. The maximum Gasteiger partial charge on any atom is 0.243 e. The fourth-order valence-electron chi connectivity index (χ4n) is 2.15. The number of rotatable bonds is 6. The Bertz CT molecular complexity index is 674. The highest BCUT2D eigenvalue weighted by molar-refractivity contribution is 7.89. The SMILES string of the molecule is O=S(=O)(NCCc1cnoc1)c1cnn(C2CCOC2)c1. The third kappa shape index (κ3) is 3.31. The number of nitrogens with zero attached hydrogens (tertiary/aromatic N) is 3. The van der Waals surface area contributed by atoms with Gasteiger partial charge in [-0.15, -0.1) is 0 Å². The molecule has 1 saturated heterocycles. The molecule has 1 N–H and O–H groups in total. The molecule has 1 aliphatic heterocycles. The molecule has 3 heterocycles. The molecule has 0 saturated carbocycles. The summed E-state index contributed by atoms with van der Waals surface area (Å²) in [6.07, 6.45) is 7.33. The molecule has 1 aliphatic rings. The summed E-state index contributed by atoms with van der Waals surface area (Å²) in [6, 6.07) is 0.117. The summed E-state index contributed by atoms with van der Waals surface area (Å²) < 4.78 is 38.5. The maximum atomic E-state index is 12.2. The molecule has 0 aromatic carbocycles. The van der Waals surface area contributed by atoms with Gasteiger partial charge in [-0.25, -0.2) is 13.1 Å². The molecule has 8 nitrogen and oxygen atoms in total. The van der Waals surface area contributed by atoms with Gasteiger partial charge in [0, 0.05) is 24.9 Å². The molecule has 1 fully saturated rings. The molecule has 0 radical (unpaired) electrons.